The van der Waals surface area contributed by atoms with Crippen LogP contribution in [-0.2, 0) is 11.3 Å². The third kappa shape index (κ3) is 5.69. The fourth-order valence-corrected chi connectivity index (χ4v) is 4.25. The number of nitrogens with zero attached hydrogens (tertiary/aromatic N) is 3. The Morgan fingerprint density at radius 3 is 2.53 bits per heavy atom. The summed E-state index contributed by atoms with van der Waals surface area (Å²) in [4.78, 5) is 12.6. The number of ether oxygens (including phenoxy) is 1. The second-order valence-electron chi connectivity index (χ2n) is 7.97. The van der Waals surface area contributed by atoms with Gasteiger partial charge < -0.3 is 14.5 Å². The molecule has 0 aliphatic heterocycles. The highest BCUT2D eigenvalue weighted by Gasteiger charge is 2.17. The van der Waals surface area contributed by atoms with Gasteiger partial charge in [-0.3, -0.25) is 9.36 Å². The SMILES string of the molecule is CC[C@@H](C)c1ccc(NC(=O)CSc2nnc(-c3ccc(OC)cc3)n2Cc2ccco2)cc1. The predicted octanol–water partition coefficient (Wildman–Crippen LogP) is 5.84. The van der Waals surface area contributed by atoms with Crippen LogP contribution < -0.4 is 10.1 Å². The number of hydrogen-bond acceptors (Lipinski definition) is 6. The van der Waals surface area contributed by atoms with Gasteiger partial charge in [-0.1, -0.05) is 37.7 Å². The molecule has 0 fully saturated rings. The average molecular weight is 477 g/mol. The van der Waals surface area contributed by atoms with Crippen LogP contribution in [0.15, 0.2) is 76.5 Å². The summed E-state index contributed by atoms with van der Waals surface area (Å²) in [5.74, 6) is 2.86. The van der Waals surface area contributed by atoms with Crippen molar-refractivity contribution in [3.63, 3.8) is 0 Å². The number of benzene rings is 2. The molecule has 8 heteroatoms. The predicted molar refractivity (Wildman–Crippen MR) is 134 cm³/mol. The molecule has 1 N–H and O–H groups in total. The van der Waals surface area contributed by atoms with Crippen molar-refractivity contribution < 1.29 is 13.9 Å². The van der Waals surface area contributed by atoms with Gasteiger partial charge in [-0.15, -0.1) is 10.2 Å². The fraction of sp³-hybridized carbons (Fsp3) is 0.269. The zero-order valence-electron chi connectivity index (χ0n) is 19.5. The molecule has 0 saturated heterocycles. The van der Waals surface area contributed by atoms with Crippen LogP contribution in [0.1, 0.15) is 37.5 Å². The number of furan rings is 1. The first kappa shape index (κ1) is 23.6. The summed E-state index contributed by atoms with van der Waals surface area (Å²) >= 11 is 1.34. The van der Waals surface area contributed by atoms with Crippen molar-refractivity contribution in [3.05, 3.63) is 78.3 Å². The van der Waals surface area contributed by atoms with Crippen LogP contribution >= 0.6 is 11.8 Å². The van der Waals surface area contributed by atoms with Crippen LogP contribution in [0.2, 0.25) is 0 Å². The van der Waals surface area contributed by atoms with Gasteiger partial charge in [0.25, 0.3) is 0 Å². The maximum Gasteiger partial charge on any atom is 0.234 e. The molecule has 176 valence electrons. The number of carbonyl (C=O) groups is 1. The number of rotatable bonds is 10. The Bertz CT molecular complexity index is 1200. The van der Waals surface area contributed by atoms with Crippen LogP contribution in [0.3, 0.4) is 0 Å². The Kier molecular flexibility index (Phi) is 7.69. The second-order valence-corrected chi connectivity index (χ2v) is 8.91. The summed E-state index contributed by atoms with van der Waals surface area (Å²) in [5.41, 5.74) is 2.96. The summed E-state index contributed by atoms with van der Waals surface area (Å²) in [5, 5.41) is 12.4. The van der Waals surface area contributed by atoms with Crippen LogP contribution in [0.25, 0.3) is 11.4 Å². The highest BCUT2D eigenvalue weighted by Crippen LogP contribution is 2.27. The lowest BCUT2D eigenvalue weighted by atomic mass is 9.99. The van der Waals surface area contributed by atoms with E-state index in [4.69, 9.17) is 9.15 Å². The van der Waals surface area contributed by atoms with E-state index in [1.165, 1.54) is 17.3 Å². The molecule has 2 aromatic heterocycles. The van der Waals surface area contributed by atoms with Gasteiger partial charge >= 0.3 is 0 Å². The lowest BCUT2D eigenvalue weighted by molar-refractivity contribution is -0.113. The van der Waals surface area contributed by atoms with E-state index in [2.05, 4.69) is 41.5 Å². The molecule has 0 spiro atoms. The molecule has 0 aliphatic carbocycles. The number of thioether (sulfide) groups is 1. The van der Waals surface area contributed by atoms with Crippen LogP contribution in [-0.4, -0.2) is 33.5 Å². The summed E-state index contributed by atoms with van der Waals surface area (Å²) in [6.07, 6.45) is 2.72. The minimum absolute atomic E-state index is 0.0974. The average Bonchev–Trinajstić information content (AvgIpc) is 3.53. The van der Waals surface area contributed by atoms with Gasteiger partial charge in [-0.2, -0.15) is 0 Å². The molecule has 0 bridgehead atoms. The molecule has 7 nitrogen and oxygen atoms in total. The molecular weight excluding hydrogens is 448 g/mol. The highest BCUT2D eigenvalue weighted by atomic mass is 32.2. The molecule has 2 aromatic carbocycles. The first-order valence-electron chi connectivity index (χ1n) is 11.2. The van der Waals surface area contributed by atoms with Crippen LogP contribution in [0, 0.1) is 0 Å². The van der Waals surface area contributed by atoms with E-state index >= 15 is 0 Å². The van der Waals surface area contributed by atoms with Gasteiger partial charge in [0.2, 0.25) is 5.91 Å². The molecule has 1 amide bonds. The van der Waals surface area contributed by atoms with Crippen molar-refractivity contribution in [1.29, 1.82) is 0 Å². The van der Waals surface area contributed by atoms with Gasteiger partial charge in [0.05, 0.1) is 25.7 Å². The molecule has 0 saturated carbocycles. The zero-order chi connectivity index (χ0) is 23.9. The highest BCUT2D eigenvalue weighted by molar-refractivity contribution is 7.99. The quantitative estimate of drug-likeness (QED) is 0.290. The van der Waals surface area contributed by atoms with Gasteiger partial charge in [-0.25, -0.2) is 0 Å². The lowest BCUT2D eigenvalue weighted by Crippen LogP contribution is -2.15. The number of carbonyl (C=O) groups excluding carboxylic acids is 1. The second kappa shape index (κ2) is 11.1. The standard InChI is InChI=1S/C26H28N4O3S/c1-4-18(2)19-7-11-21(12-8-19)27-24(31)17-34-26-29-28-25(20-9-13-22(32-3)14-10-20)30(26)16-23-6-5-15-33-23/h5-15,18H,4,16-17H2,1-3H3,(H,27,31)/t18-/m1/s1. The first-order chi connectivity index (χ1) is 16.6. The summed E-state index contributed by atoms with van der Waals surface area (Å²) in [7, 11) is 1.63. The Hall–Kier alpha value is -3.52. The number of methoxy groups -OCH3 is 1. The molecule has 1 atom stereocenters. The fourth-order valence-electron chi connectivity index (χ4n) is 3.51. The third-order valence-electron chi connectivity index (χ3n) is 5.67. The maximum absolute atomic E-state index is 12.6. The number of anilines is 1. The van der Waals surface area contributed by atoms with Gasteiger partial charge in [0, 0.05) is 11.3 Å². The Morgan fingerprint density at radius 1 is 1.12 bits per heavy atom. The van der Waals surface area contributed by atoms with Crippen molar-refractivity contribution in [3.8, 4) is 17.1 Å². The maximum atomic E-state index is 12.6. The number of hydrogen-bond donors (Lipinski definition) is 1. The van der Waals surface area contributed by atoms with E-state index in [1.807, 2.05) is 53.1 Å². The molecule has 4 rings (SSSR count). The summed E-state index contributed by atoms with van der Waals surface area (Å²) < 4.78 is 12.8. The Morgan fingerprint density at radius 2 is 1.88 bits per heavy atom. The van der Waals surface area contributed by atoms with Gasteiger partial charge in [-0.05, 0) is 66.4 Å². The van der Waals surface area contributed by atoms with Crippen molar-refractivity contribution in [1.82, 2.24) is 14.8 Å². The number of nitrogens with one attached hydrogen (secondary N) is 1. The van der Waals surface area contributed by atoms with E-state index in [1.54, 1.807) is 13.4 Å². The van der Waals surface area contributed by atoms with Crippen LogP contribution in [0.4, 0.5) is 5.69 Å². The first-order valence-corrected chi connectivity index (χ1v) is 12.2. The largest absolute Gasteiger partial charge is 0.497 e. The van der Waals surface area contributed by atoms with Crippen molar-refractivity contribution >= 4 is 23.4 Å². The van der Waals surface area contributed by atoms with Gasteiger partial charge in [0.15, 0.2) is 11.0 Å². The molecule has 0 unspecified atom stereocenters. The molecule has 2 heterocycles. The van der Waals surface area contributed by atoms with E-state index in [9.17, 15) is 4.79 Å². The Labute approximate surface area is 203 Å². The molecule has 34 heavy (non-hydrogen) atoms. The monoisotopic (exact) mass is 476 g/mol. The summed E-state index contributed by atoms with van der Waals surface area (Å²) in [6, 6.07) is 19.4. The Balaban J connectivity index is 1.47. The molecule has 0 radical (unpaired) electrons. The van der Waals surface area contributed by atoms with Crippen molar-refractivity contribution in [2.45, 2.75) is 37.9 Å². The van der Waals surface area contributed by atoms with E-state index in [-0.39, 0.29) is 11.7 Å². The lowest BCUT2D eigenvalue weighted by Gasteiger charge is -2.11. The van der Waals surface area contributed by atoms with Crippen molar-refractivity contribution in [2.24, 2.45) is 0 Å². The number of amides is 1. The molecule has 0 aliphatic rings. The van der Waals surface area contributed by atoms with E-state index < -0.39 is 0 Å². The third-order valence-corrected chi connectivity index (χ3v) is 6.63. The van der Waals surface area contributed by atoms with E-state index in [0.717, 1.165) is 29.2 Å². The van der Waals surface area contributed by atoms with Crippen molar-refractivity contribution in [2.75, 3.05) is 18.2 Å². The molecule has 4 aromatic rings. The minimum atomic E-state index is -0.0974. The molecular formula is C26H28N4O3S. The minimum Gasteiger partial charge on any atom is -0.497 e. The van der Waals surface area contributed by atoms with Crippen LogP contribution in [0.5, 0.6) is 5.75 Å². The van der Waals surface area contributed by atoms with E-state index in [0.29, 0.717) is 23.4 Å². The summed E-state index contributed by atoms with van der Waals surface area (Å²) in [6.45, 7) is 4.83. The smallest absolute Gasteiger partial charge is 0.234 e. The zero-order valence-corrected chi connectivity index (χ0v) is 20.3. The topological polar surface area (TPSA) is 82.2 Å². The normalized spacial score (nSPS) is 11.9. The van der Waals surface area contributed by atoms with Gasteiger partial charge in [0.1, 0.15) is 11.5 Å². The number of aromatic nitrogens is 3.